The molecule has 2 fully saturated rings. The molecule has 2 aliphatic heterocycles. The third-order valence-corrected chi connectivity index (χ3v) is 6.01. The van der Waals surface area contributed by atoms with E-state index in [1.807, 2.05) is 6.92 Å². The minimum Gasteiger partial charge on any atom is -0.377 e. The maximum Gasteiger partial charge on any atom is 0.216 e. The van der Waals surface area contributed by atoms with Crippen molar-refractivity contribution >= 4 is 10.0 Å². The van der Waals surface area contributed by atoms with Crippen molar-refractivity contribution < 1.29 is 13.2 Å². The Morgan fingerprint density at radius 1 is 1.32 bits per heavy atom. The van der Waals surface area contributed by atoms with E-state index in [1.54, 1.807) is 4.31 Å². The maximum atomic E-state index is 12.4. The van der Waals surface area contributed by atoms with Crippen LogP contribution in [0.25, 0.3) is 0 Å². The van der Waals surface area contributed by atoms with Gasteiger partial charge in [-0.2, -0.15) is 0 Å². The summed E-state index contributed by atoms with van der Waals surface area (Å²) in [4.78, 5) is 0. The molecule has 1 N–H and O–H groups in total. The molecule has 2 saturated heterocycles. The van der Waals surface area contributed by atoms with Gasteiger partial charge in [-0.3, -0.25) is 0 Å². The maximum absolute atomic E-state index is 12.4. The molecule has 2 unspecified atom stereocenters. The van der Waals surface area contributed by atoms with Gasteiger partial charge < -0.3 is 10.1 Å². The number of ether oxygens (including phenoxy) is 1. The van der Waals surface area contributed by atoms with Gasteiger partial charge in [0.1, 0.15) is 0 Å². The Morgan fingerprint density at radius 3 is 2.74 bits per heavy atom. The van der Waals surface area contributed by atoms with E-state index in [1.165, 1.54) is 0 Å². The normalized spacial score (nSPS) is 28.9. The molecule has 0 radical (unpaired) electrons. The third-order valence-electron chi connectivity index (χ3n) is 4.03. The van der Waals surface area contributed by atoms with Gasteiger partial charge in [-0.05, 0) is 44.7 Å². The van der Waals surface area contributed by atoms with E-state index in [0.717, 1.165) is 38.8 Å². The minimum atomic E-state index is -3.17. The summed E-state index contributed by atoms with van der Waals surface area (Å²) in [6, 6.07) is 0. The lowest BCUT2D eigenvalue weighted by Gasteiger charge is -2.29. The molecular formula is C13H26N2O3S. The Kier molecular flexibility index (Phi) is 5.62. The fraction of sp³-hybridized carbons (Fsp3) is 1.00. The van der Waals surface area contributed by atoms with E-state index >= 15 is 0 Å². The molecule has 5 nitrogen and oxygen atoms in total. The number of hydrogen-bond acceptors (Lipinski definition) is 4. The number of hydrogen-bond donors (Lipinski definition) is 1. The highest BCUT2D eigenvalue weighted by molar-refractivity contribution is 7.89. The molecule has 0 saturated carbocycles. The van der Waals surface area contributed by atoms with Crippen molar-refractivity contribution in [2.75, 3.05) is 38.5 Å². The van der Waals surface area contributed by atoms with Gasteiger partial charge in [-0.1, -0.05) is 6.92 Å². The zero-order valence-corrected chi connectivity index (χ0v) is 12.6. The highest BCUT2D eigenvalue weighted by Gasteiger charge is 2.29. The average Bonchev–Trinajstić information content (AvgIpc) is 2.89. The SMILES string of the molecule is CCN(CC1CCCNC1)S(=O)(=O)CC1CCCO1. The van der Waals surface area contributed by atoms with Gasteiger partial charge in [0, 0.05) is 19.7 Å². The minimum absolute atomic E-state index is 0.0940. The van der Waals surface area contributed by atoms with Crippen molar-refractivity contribution in [2.45, 2.75) is 38.7 Å². The van der Waals surface area contributed by atoms with Crippen molar-refractivity contribution in [1.82, 2.24) is 9.62 Å². The van der Waals surface area contributed by atoms with Crippen LogP contribution in [0.5, 0.6) is 0 Å². The van der Waals surface area contributed by atoms with Crippen molar-refractivity contribution in [3.63, 3.8) is 0 Å². The zero-order valence-electron chi connectivity index (χ0n) is 11.8. The van der Waals surface area contributed by atoms with E-state index < -0.39 is 10.0 Å². The lowest BCUT2D eigenvalue weighted by Crippen LogP contribution is -2.43. The van der Waals surface area contributed by atoms with E-state index in [9.17, 15) is 8.42 Å². The molecule has 0 aliphatic carbocycles. The summed E-state index contributed by atoms with van der Waals surface area (Å²) in [6.07, 6.45) is 4.04. The Labute approximate surface area is 116 Å². The first-order valence-electron chi connectivity index (χ1n) is 7.42. The predicted molar refractivity (Wildman–Crippen MR) is 75.6 cm³/mol. The van der Waals surface area contributed by atoms with Gasteiger partial charge in [-0.15, -0.1) is 0 Å². The Morgan fingerprint density at radius 2 is 2.16 bits per heavy atom. The number of sulfonamides is 1. The van der Waals surface area contributed by atoms with Crippen LogP contribution in [0.3, 0.4) is 0 Å². The summed E-state index contributed by atoms with van der Waals surface area (Å²) in [5.74, 6) is 0.606. The summed E-state index contributed by atoms with van der Waals surface area (Å²) in [6.45, 7) is 5.84. The lowest BCUT2D eigenvalue weighted by atomic mass is 10.00. The van der Waals surface area contributed by atoms with Crippen molar-refractivity contribution in [3.05, 3.63) is 0 Å². The molecule has 0 aromatic rings. The Balaban J connectivity index is 1.90. The van der Waals surface area contributed by atoms with Gasteiger partial charge in [0.2, 0.25) is 10.0 Å². The van der Waals surface area contributed by atoms with Crippen LogP contribution in [0, 0.1) is 5.92 Å². The third kappa shape index (κ3) is 4.41. The largest absolute Gasteiger partial charge is 0.377 e. The standard InChI is InChI=1S/C13H26N2O3S/c1-2-15(10-12-5-3-7-14-9-12)19(16,17)11-13-6-4-8-18-13/h12-14H,2-11H2,1H3. The number of nitrogens with zero attached hydrogens (tertiary/aromatic N) is 1. The molecule has 2 rings (SSSR count). The molecule has 2 aliphatic rings. The molecule has 19 heavy (non-hydrogen) atoms. The highest BCUT2D eigenvalue weighted by atomic mass is 32.2. The predicted octanol–water partition coefficient (Wildman–Crippen LogP) is 0.817. The fourth-order valence-electron chi connectivity index (χ4n) is 2.92. The second kappa shape index (κ2) is 7.02. The van der Waals surface area contributed by atoms with Crippen molar-refractivity contribution in [3.8, 4) is 0 Å². The summed E-state index contributed by atoms with van der Waals surface area (Å²) < 4.78 is 31.9. The molecule has 0 spiro atoms. The van der Waals surface area contributed by atoms with Gasteiger partial charge in [0.05, 0.1) is 11.9 Å². The van der Waals surface area contributed by atoms with Crippen LogP contribution in [-0.2, 0) is 14.8 Å². The second-order valence-electron chi connectivity index (χ2n) is 5.58. The van der Waals surface area contributed by atoms with E-state index in [-0.39, 0.29) is 11.9 Å². The summed E-state index contributed by atoms with van der Waals surface area (Å²) in [7, 11) is -3.17. The molecule has 0 bridgehead atoms. The summed E-state index contributed by atoms with van der Waals surface area (Å²) >= 11 is 0. The molecule has 0 aromatic heterocycles. The second-order valence-corrected chi connectivity index (χ2v) is 7.59. The van der Waals surface area contributed by atoms with Crippen LogP contribution in [0.2, 0.25) is 0 Å². The van der Waals surface area contributed by atoms with Gasteiger partial charge in [0.25, 0.3) is 0 Å². The molecule has 0 aromatic carbocycles. The van der Waals surface area contributed by atoms with E-state index in [0.29, 0.717) is 25.6 Å². The first-order valence-corrected chi connectivity index (χ1v) is 9.03. The van der Waals surface area contributed by atoms with Crippen LogP contribution in [0.1, 0.15) is 32.6 Å². The molecule has 6 heteroatoms. The molecule has 2 heterocycles. The summed E-state index contributed by atoms with van der Waals surface area (Å²) in [5.41, 5.74) is 0. The van der Waals surface area contributed by atoms with Crippen LogP contribution in [0.4, 0.5) is 0 Å². The fourth-order valence-corrected chi connectivity index (χ4v) is 4.70. The van der Waals surface area contributed by atoms with E-state index in [2.05, 4.69) is 5.32 Å². The van der Waals surface area contributed by atoms with Crippen molar-refractivity contribution in [1.29, 1.82) is 0 Å². The van der Waals surface area contributed by atoms with Crippen LogP contribution >= 0.6 is 0 Å². The highest BCUT2D eigenvalue weighted by Crippen LogP contribution is 2.18. The number of rotatable bonds is 6. The van der Waals surface area contributed by atoms with Crippen LogP contribution < -0.4 is 5.32 Å². The average molecular weight is 290 g/mol. The first kappa shape index (κ1) is 15.2. The number of nitrogens with one attached hydrogen (secondary N) is 1. The van der Waals surface area contributed by atoms with Crippen LogP contribution in [0.15, 0.2) is 0 Å². The first-order chi connectivity index (χ1) is 9.12. The Bertz CT molecular complexity index is 360. The lowest BCUT2D eigenvalue weighted by molar-refractivity contribution is 0.126. The van der Waals surface area contributed by atoms with Gasteiger partial charge in [-0.25, -0.2) is 12.7 Å². The Hall–Kier alpha value is -0.170. The van der Waals surface area contributed by atoms with Crippen LogP contribution in [-0.4, -0.2) is 57.4 Å². The number of piperidine rings is 1. The topological polar surface area (TPSA) is 58.6 Å². The molecular weight excluding hydrogens is 264 g/mol. The monoisotopic (exact) mass is 290 g/mol. The molecule has 112 valence electrons. The van der Waals surface area contributed by atoms with E-state index in [4.69, 9.17) is 4.74 Å². The van der Waals surface area contributed by atoms with Crippen molar-refractivity contribution in [2.24, 2.45) is 5.92 Å². The summed E-state index contributed by atoms with van der Waals surface area (Å²) in [5, 5.41) is 3.34. The zero-order chi connectivity index (χ0) is 13.7. The molecule has 2 atom stereocenters. The smallest absolute Gasteiger partial charge is 0.216 e. The quantitative estimate of drug-likeness (QED) is 0.787. The molecule has 0 amide bonds. The van der Waals surface area contributed by atoms with Gasteiger partial charge >= 0.3 is 0 Å². The van der Waals surface area contributed by atoms with Gasteiger partial charge in [0.15, 0.2) is 0 Å².